The minimum Gasteiger partial charge on any atom is -0.276 e. The van der Waals surface area contributed by atoms with Crippen LogP contribution in [0, 0.1) is 3.57 Å². The lowest BCUT2D eigenvalue weighted by Gasteiger charge is -2.26. The molecular weight excluding hydrogens is 305 g/mol. The smallest absolute Gasteiger partial charge is 0.238 e. The second kappa shape index (κ2) is 4.94. The molecule has 3 nitrogen and oxygen atoms in total. The molecule has 1 aromatic carbocycles. The van der Waals surface area contributed by atoms with Crippen LogP contribution >= 0.6 is 22.6 Å². The molecule has 0 bridgehead atoms. The molecule has 0 unspecified atom stereocenters. The summed E-state index contributed by atoms with van der Waals surface area (Å²) in [7, 11) is 0. The number of rotatable bonds is 3. The Morgan fingerprint density at radius 3 is 2.53 bits per heavy atom. The Kier molecular flexibility index (Phi) is 4.10. The van der Waals surface area contributed by atoms with Gasteiger partial charge in [-0.25, -0.2) is 0 Å². The third-order valence-corrected chi connectivity index (χ3v) is 2.20. The lowest BCUT2D eigenvalue weighted by molar-refractivity contribution is -0.120. The minimum absolute atomic E-state index is 0.387. The van der Waals surface area contributed by atoms with E-state index in [1.165, 1.54) is 5.06 Å². The van der Waals surface area contributed by atoms with E-state index < -0.39 is 0 Å². The fourth-order valence-electron chi connectivity index (χ4n) is 1.04. The summed E-state index contributed by atoms with van der Waals surface area (Å²) >= 11 is 2.19. The van der Waals surface area contributed by atoms with Gasteiger partial charge in [-0.3, -0.25) is 9.63 Å². The Labute approximate surface area is 104 Å². The fraction of sp³-hybridized carbons (Fsp3) is 0.364. The highest BCUT2D eigenvalue weighted by Gasteiger charge is 2.17. The molecule has 0 fully saturated rings. The lowest BCUT2D eigenvalue weighted by atomic mass is 10.2. The van der Waals surface area contributed by atoms with Crippen LogP contribution in [0.2, 0.25) is 0 Å². The van der Waals surface area contributed by atoms with Gasteiger partial charge in [0.05, 0.1) is 11.3 Å². The van der Waals surface area contributed by atoms with Crippen molar-refractivity contribution in [1.82, 2.24) is 0 Å². The van der Waals surface area contributed by atoms with E-state index in [2.05, 4.69) is 22.6 Å². The molecule has 0 N–H and O–H groups in total. The molecule has 0 radical (unpaired) electrons. The van der Waals surface area contributed by atoms with Crippen molar-refractivity contribution in [3.05, 3.63) is 27.8 Å². The maximum Gasteiger partial charge on any atom is 0.238 e. The average molecular weight is 319 g/mol. The molecule has 1 aromatic rings. The summed E-state index contributed by atoms with van der Waals surface area (Å²) in [5, 5.41) is 1.25. The monoisotopic (exact) mass is 319 g/mol. The van der Waals surface area contributed by atoms with Gasteiger partial charge in [0.15, 0.2) is 0 Å². The van der Waals surface area contributed by atoms with Crippen molar-refractivity contribution in [3.63, 3.8) is 0 Å². The van der Waals surface area contributed by atoms with Crippen molar-refractivity contribution in [1.29, 1.82) is 0 Å². The summed E-state index contributed by atoms with van der Waals surface area (Å²) in [4.78, 5) is 16.4. The predicted molar refractivity (Wildman–Crippen MR) is 68.5 cm³/mol. The lowest BCUT2D eigenvalue weighted by Crippen LogP contribution is -2.33. The topological polar surface area (TPSA) is 29.5 Å². The van der Waals surface area contributed by atoms with Crippen molar-refractivity contribution in [2.75, 3.05) is 5.06 Å². The number of hydroxylamine groups is 1. The normalized spacial score (nSPS) is 11.2. The first-order valence-electron chi connectivity index (χ1n) is 4.61. The van der Waals surface area contributed by atoms with Crippen LogP contribution in [0.15, 0.2) is 24.3 Å². The third kappa shape index (κ3) is 4.17. The number of hydrogen-bond donors (Lipinski definition) is 0. The molecule has 1 rings (SSSR count). The number of carbonyl (C=O) groups is 1. The van der Waals surface area contributed by atoms with E-state index in [1.54, 1.807) is 0 Å². The highest BCUT2D eigenvalue weighted by molar-refractivity contribution is 14.1. The van der Waals surface area contributed by atoms with Gasteiger partial charge >= 0.3 is 0 Å². The molecular formula is C11H14INO2. The molecule has 0 heterocycles. The number of nitrogens with zero attached hydrogens (tertiary/aromatic N) is 1. The van der Waals surface area contributed by atoms with Crippen LogP contribution in [0.4, 0.5) is 5.69 Å². The molecule has 15 heavy (non-hydrogen) atoms. The van der Waals surface area contributed by atoms with Crippen LogP contribution in [-0.2, 0) is 9.63 Å². The molecule has 0 saturated carbocycles. The minimum atomic E-state index is -0.387. The van der Waals surface area contributed by atoms with Gasteiger partial charge in [0, 0.05) is 3.57 Å². The van der Waals surface area contributed by atoms with Crippen LogP contribution < -0.4 is 5.06 Å². The first-order chi connectivity index (χ1) is 6.92. The molecule has 0 aliphatic heterocycles. The zero-order chi connectivity index (χ0) is 11.5. The van der Waals surface area contributed by atoms with Gasteiger partial charge in [-0.1, -0.05) is 6.07 Å². The zero-order valence-corrected chi connectivity index (χ0v) is 11.2. The highest BCUT2D eigenvalue weighted by atomic mass is 127. The Balaban J connectivity index is 2.88. The van der Waals surface area contributed by atoms with Gasteiger partial charge in [0.1, 0.15) is 0 Å². The number of amides is 1. The first-order valence-corrected chi connectivity index (χ1v) is 5.69. The van der Waals surface area contributed by atoms with Crippen molar-refractivity contribution in [2.45, 2.75) is 26.4 Å². The molecule has 0 atom stereocenters. The van der Waals surface area contributed by atoms with Crippen LogP contribution in [-0.4, -0.2) is 12.0 Å². The summed E-state index contributed by atoms with van der Waals surface area (Å²) in [6, 6.07) is 7.58. The summed E-state index contributed by atoms with van der Waals surface area (Å²) in [5.74, 6) is 0. The zero-order valence-electron chi connectivity index (χ0n) is 9.03. The fourth-order valence-corrected chi connectivity index (χ4v) is 1.57. The number of halogens is 1. The van der Waals surface area contributed by atoms with Gasteiger partial charge in [-0.15, -0.1) is 0 Å². The van der Waals surface area contributed by atoms with E-state index in [0.29, 0.717) is 6.41 Å². The van der Waals surface area contributed by atoms with E-state index >= 15 is 0 Å². The van der Waals surface area contributed by atoms with Crippen LogP contribution in [0.3, 0.4) is 0 Å². The van der Waals surface area contributed by atoms with E-state index in [1.807, 2.05) is 45.0 Å². The van der Waals surface area contributed by atoms with E-state index in [-0.39, 0.29) is 5.60 Å². The Bertz CT molecular complexity index is 347. The second-order valence-electron chi connectivity index (χ2n) is 4.11. The van der Waals surface area contributed by atoms with Gasteiger partial charge < -0.3 is 0 Å². The Morgan fingerprint density at radius 1 is 1.40 bits per heavy atom. The van der Waals surface area contributed by atoms with Gasteiger partial charge in [-0.2, -0.15) is 5.06 Å². The number of hydrogen-bond acceptors (Lipinski definition) is 2. The molecule has 4 heteroatoms. The molecule has 0 aromatic heterocycles. The van der Waals surface area contributed by atoms with Crippen molar-refractivity contribution >= 4 is 34.7 Å². The van der Waals surface area contributed by atoms with Crippen molar-refractivity contribution < 1.29 is 9.63 Å². The molecule has 0 aliphatic rings. The van der Waals surface area contributed by atoms with Gasteiger partial charge in [-0.05, 0) is 61.6 Å². The third-order valence-electron chi connectivity index (χ3n) is 1.53. The van der Waals surface area contributed by atoms with Crippen molar-refractivity contribution in [3.8, 4) is 0 Å². The maximum atomic E-state index is 10.9. The molecule has 82 valence electrons. The van der Waals surface area contributed by atoms with Crippen LogP contribution in [0.25, 0.3) is 0 Å². The average Bonchev–Trinajstić information content (AvgIpc) is 2.13. The van der Waals surface area contributed by atoms with Crippen molar-refractivity contribution in [2.24, 2.45) is 0 Å². The Morgan fingerprint density at radius 2 is 2.07 bits per heavy atom. The summed E-state index contributed by atoms with van der Waals surface area (Å²) in [5.41, 5.74) is 0.356. The largest absolute Gasteiger partial charge is 0.276 e. The quantitative estimate of drug-likeness (QED) is 0.487. The second-order valence-corrected chi connectivity index (χ2v) is 5.36. The van der Waals surface area contributed by atoms with E-state index in [4.69, 9.17) is 4.84 Å². The van der Waals surface area contributed by atoms with Gasteiger partial charge in [0.25, 0.3) is 0 Å². The van der Waals surface area contributed by atoms with Crippen LogP contribution in [0.5, 0.6) is 0 Å². The van der Waals surface area contributed by atoms with Gasteiger partial charge in [0.2, 0.25) is 6.41 Å². The highest BCUT2D eigenvalue weighted by Crippen LogP contribution is 2.20. The van der Waals surface area contributed by atoms with E-state index in [9.17, 15) is 4.79 Å². The standard InChI is InChI=1S/C11H14INO2/c1-11(2,3)15-13(8-14)10-6-4-5-9(12)7-10/h4-8H,1-3H3. The molecule has 0 spiro atoms. The summed E-state index contributed by atoms with van der Waals surface area (Å²) < 4.78 is 1.06. The molecule has 0 saturated heterocycles. The SMILES string of the molecule is CC(C)(C)ON(C=O)c1cccc(I)c1. The summed E-state index contributed by atoms with van der Waals surface area (Å²) in [6.07, 6.45) is 0.677. The predicted octanol–water partition coefficient (Wildman–Crippen LogP) is 2.98. The van der Waals surface area contributed by atoms with E-state index in [0.717, 1.165) is 9.26 Å². The number of anilines is 1. The number of benzene rings is 1. The number of carbonyl (C=O) groups excluding carboxylic acids is 1. The Hall–Kier alpha value is -0.620. The maximum absolute atomic E-state index is 10.9. The first kappa shape index (κ1) is 12.4. The molecule has 1 amide bonds. The molecule has 0 aliphatic carbocycles. The summed E-state index contributed by atoms with van der Waals surface area (Å²) in [6.45, 7) is 5.70. The van der Waals surface area contributed by atoms with Crippen LogP contribution in [0.1, 0.15) is 20.8 Å².